The predicted octanol–water partition coefficient (Wildman–Crippen LogP) is 12.0. The van der Waals surface area contributed by atoms with Crippen molar-refractivity contribution in [2.75, 3.05) is 0 Å². The molecule has 5 aromatic rings. The quantitative estimate of drug-likeness (QED) is 0.106. The number of allylic oxidation sites excluding steroid dienone is 9. The average molecular weight is 638 g/mol. The molecule has 0 radical (unpaired) electrons. The maximum atomic E-state index is 4.31. The molecule has 0 fully saturated rings. The van der Waals surface area contributed by atoms with Crippen LogP contribution in [-0.2, 0) is 0 Å². The van der Waals surface area contributed by atoms with Crippen molar-refractivity contribution < 1.29 is 0 Å². The Morgan fingerprint density at radius 3 is 2.33 bits per heavy atom. The molecule has 0 saturated heterocycles. The van der Waals surface area contributed by atoms with E-state index < -0.39 is 0 Å². The highest BCUT2D eigenvalue weighted by molar-refractivity contribution is 6.13. The summed E-state index contributed by atoms with van der Waals surface area (Å²) in [5.74, 6) is 0.226. The number of hydrogen-bond donors (Lipinski definition) is 0. The summed E-state index contributed by atoms with van der Waals surface area (Å²) < 4.78 is 2.43. The lowest BCUT2D eigenvalue weighted by Crippen LogP contribution is -2.29. The van der Waals surface area contributed by atoms with E-state index in [0.29, 0.717) is 0 Å². The first kappa shape index (κ1) is 33.5. The summed E-state index contributed by atoms with van der Waals surface area (Å²) in [5, 5.41) is 7.53. The first-order chi connectivity index (χ1) is 23.9. The lowest BCUT2D eigenvalue weighted by Gasteiger charge is -2.16. The van der Waals surface area contributed by atoms with Gasteiger partial charge in [0.2, 0.25) is 0 Å². The number of fused-ring (bicyclic) bond motifs is 4. The normalized spacial score (nSPS) is 15.1. The lowest BCUT2D eigenvalue weighted by molar-refractivity contribution is 0.995. The van der Waals surface area contributed by atoms with Crippen LogP contribution in [0.25, 0.3) is 68.8 Å². The van der Waals surface area contributed by atoms with Crippen LogP contribution in [0, 0.1) is 12.8 Å². The fourth-order valence-electron chi connectivity index (χ4n) is 7.22. The smallest absolute Gasteiger partial charge is 0.0544 e. The van der Waals surface area contributed by atoms with Crippen molar-refractivity contribution in [2.24, 2.45) is 5.92 Å². The zero-order valence-electron chi connectivity index (χ0n) is 29.6. The molecule has 0 aliphatic heterocycles. The minimum atomic E-state index is 0.226. The van der Waals surface area contributed by atoms with Gasteiger partial charge in [-0.25, -0.2) is 0 Å². The Bertz CT molecular complexity index is 2360. The second-order valence-electron chi connectivity index (χ2n) is 12.8. The topological polar surface area (TPSA) is 4.93 Å². The van der Waals surface area contributed by atoms with Crippen molar-refractivity contribution in [3.63, 3.8) is 0 Å². The SMILES string of the molecule is C=C/C=C(\C=C/CC)c1cccc(C2=CC(C)C=c3c(C=C)c(/C=C\C)n(-c4ccc5c(c4)c(/C=C\CC)c(C)c4ccccc45)c3=C2)c1. The van der Waals surface area contributed by atoms with Gasteiger partial charge in [-0.3, -0.25) is 0 Å². The summed E-state index contributed by atoms with van der Waals surface area (Å²) in [4.78, 5) is 0. The van der Waals surface area contributed by atoms with Gasteiger partial charge in [-0.05, 0) is 118 Å². The van der Waals surface area contributed by atoms with E-state index in [1.54, 1.807) is 0 Å². The molecule has 244 valence electrons. The van der Waals surface area contributed by atoms with E-state index in [-0.39, 0.29) is 5.92 Å². The molecule has 4 aromatic carbocycles. The fraction of sp³-hybridized carbons (Fsp3) is 0.167. The van der Waals surface area contributed by atoms with Gasteiger partial charge in [0.05, 0.1) is 11.0 Å². The van der Waals surface area contributed by atoms with Crippen LogP contribution < -0.4 is 10.6 Å². The standard InChI is InChI=1S/C48H47N/c1-8-13-20-35(18-10-3)36-21-17-22-37(30-36)38-28-33(6)29-46-40(12-5)47(19-11-4)49(48(46)31-38)39-26-27-44-43-25-16-15-24-41(43)34(7)42(23-14-9-2)45(44)32-39/h10-33H,3,5,8-9H2,1-2,4,6-7H3/b19-11-,20-13-,23-14-,35-18+. The summed E-state index contributed by atoms with van der Waals surface area (Å²) in [6, 6.07) is 24.7. The second-order valence-corrected chi connectivity index (χ2v) is 12.8. The van der Waals surface area contributed by atoms with Gasteiger partial charge in [0.15, 0.2) is 0 Å². The molecule has 1 aromatic heterocycles. The number of benzene rings is 4. The summed E-state index contributed by atoms with van der Waals surface area (Å²) in [6.45, 7) is 19.3. The van der Waals surface area contributed by atoms with Crippen LogP contribution in [-0.4, -0.2) is 4.57 Å². The Hall–Kier alpha value is -5.40. The molecular weight excluding hydrogens is 591 g/mol. The number of nitrogens with zero attached hydrogens (tertiary/aromatic N) is 1. The van der Waals surface area contributed by atoms with E-state index in [0.717, 1.165) is 35.4 Å². The number of rotatable bonds is 10. The molecule has 0 saturated carbocycles. The molecule has 0 bridgehead atoms. The second kappa shape index (κ2) is 14.8. The maximum Gasteiger partial charge on any atom is 0.0544 e. The van der Waals surface area contributed by atoms with Crippen LogP contribution in [0.3, 0.4) is 0 Å². The van der Waals surface area contributed by atoms with Crippen molar-refractivity contribution in [3.8, 4) is 5.69 Å². The van der Waals surface area contributed by atoms with Gasteiger partial charge >= 0.3 is 0 Å². The predicted molar refractivity (Wildman–Crippen MR) is 219 cm³/mol. The zero-order chi connectivity index (χ0) is 34.5. The Balaban J connectivity index is 1.66. The first-order valence-electron chi connectivity index (χ1n) is 17.6. The van der Waals surface area contributed by atoms with Crippen molar-refractivity contribution >= 4 is 63.1 Å². The fourth-order valence-corrected chi connectivity index (χ4v) is 7.22. The van der Waals surface area contributed by atoms with Gasteiger partial charge < -0.3 is 4.57 Å². The summed E-state index contributed by atoms with van der Waals surface area (Å²) in [7, 11) is 0. The van der Waals surface area contributed by atoms with Gasteiger partial charge in [-0.2, -0.15) is 0 Å². The minimum absolute atomic E-state index is 0.226. The maximum absolute atomic E-state index is 4.31. The van der Waals surface area contributed by atoms with Crippen LogP contribution >= 0.6 is 0 Å². The third-order valence-electron chi connectivity index (χ3n) is 9.47. The summed E-state index contributed by atoms with van der Waals surface area (Å²) in [6.07, 6.45) is 28.4. The van der Waals surface area contributed by atoms with Gasteiger partial charge in [0.25, 0.3) is 0 Å². The molecule has 0 spiro atoms. The van der Waals surface area contributed by atoms with Crippen LogP contribution in [0.15, 0.2) is 122 Å². The van der Waals surface area contributed by atoms with E-state index in [9.17, 15) is 0 Å². The van der Waals surface area contributed by atoms with Crippen molar-refractivity contribution in [2.45, 2.75) is 47.5 Å². The largest absolute Gasteiger partial charge is 0.309 e. The lowest BCUT2D eigenvalue weighted by atomic mass is 9.91. The van der Waals surface area contributed by atoms with Crippen molar-refractivity contribution in [3.05, 3.63) is 166 Å². The van der Waals surface area contributed by atoms with Gasteiger partial charge in [0, 0.05) is 16.5 Å². The van der Waals surface area contributed by atoms with Crippen molar-refractivity contribution in [1.29, 1.82) is 0 Å². The molecule has 1 aliphatic carbocycles. The average Bonchev–Trinajstić information content (AvgIpc) is 3.28. The summed E-state index contributed by atoms with van der Waals surface area (Å²) >= 11 is 0. The van der Waals surface area contributed by atoms with Crippen LogP contribution in [0.2, 0.25) is 0 Å². The molecule has 1 unspecified atom stereocenters. The van der Waals surface area contributed by atoms with Crippen LogP contribution in [0.5, 0.6) is 0 Å². The molecule has 49 heavy (non-hydrogen) atoms. The highest BCUT2D eigenvalue weighted by Crippen LogP contribution is 2.35. The molecule has 0 N–H and O–H groups in total. The third-order valence-corrected chi connectivity index (χ3v) is 9.47. The Labute approximate surface area is 292 Å². The Kier molecular flexibility index (Phi) is 10.1. The van der Waals surface area contributed by atoms with Gasteiger partial charge in [-0.15, -0.1) is 0 Å². The first-order valence-corrected chi connectivity index (χ1v) is 17.6. The highest BCUT2D eigenvalue weighted by Gasteiger charge is 2.18. The minimum Gasteiger partial charge on any atom is -0.309 e. The van der Waals surface area contributed by atoms with Crippen LogP contribution in [0.4, 0.5) is 0 Å². The molecule has 1 aliphatic rings. The Morgan fingerprint density at radius 2 is 1.59 bits per heavy atom. The molecule has 1 heteroatoms. The van der Waals surface area contributed by atoms with E-state index in [1.165, 1.54) is 59.9 Å². The van der Waals surface area contributed by atoms with E-state index >= 15 is 0 Å². The molecule has 1 nitrogen and oxygen atoms in total. The highest BCUT2D eigenvalue weighted by atomic mass is 15.0. The molecule has 1 atom stereocenters. The molecular formula is C48H47N. The monoisotopic (exact) mass is 637 g/mol. The van der Waals surface area contributed by atoms with Gasteiger partial charge in [0.1, 0.15) is 0 Å². The number of hydrogen-bond acceptors (Lipinski definition) is 0. The van der Waals surface area contributed by atoms with Crippen LogP contribution in [0.1, 0.15) is 74.0 Å². The van der Waals surface area contributed by atoms with Gasteiger partial charge in [-0.1, -0.05) is 143 Å². The number of aromatic nitrogens is 1. The zero-order valence-corrected chi connectivity index (χ0v) is 29.6. The van der Waals surface area contributed by atoms with E-state index in [4.69, 9.17) is 0 Å². The summed E-state index contributed by atoms with van der Waals surface area (Å²) in [5.41, 5.74) is 10.8. The third kappa shape index (κ3) is 6.42. The molecule has 0 amide bonds. The van der Waals surface area contributed by atoms with E-state index in [1.807, 2.05) is 12.2 Å². The number of aryl methyl sites for hydroxylation is 1. The Morgan fingerprint density at radius 1 is 0.816 bits per heavy atom. The van der Waals surface area contributed by atoms with Crippen molar-refractivity contribution in [1.82, 2.24) is 4.57 Å². The van der Waals surface area contributed by atoms with E-state index in [2.05, 4.69) is 180 Å². The molecule has 1 heterocycles. The molecule has 6 rings (SSSR count).